The quantitative estimate of drug-likeness (QED) is 0.282. The van der Waals surface area contributed by atoms with Crippen molar-refractivity contribution in [3.8, 4) is 51.1 Å². The Kier molecular flexibility index (Phi) is 9.23. The third-order valence-electron chi connectivity index (χ3n) is 6.38. The fourth-order valence-electron chi connectivity index (χ4n) is 4.44. The maximum atomic E-state index is 10.8. The molecule has 0 aliphatic heterocycles. The molecule has 0 saturated heterocycles. The van der Waals surface area contributed by atoms with Crippen LogP contribution in [-0.4, -0.2) is 24.3 Å². The molecule has 0 amide bonds. The van der Waals surface area contributed by atoms with Gasteiger partial charge in [0.05, 0.1) is 20.0 Å². The van der Waals surface area contributed by atoms with Crippen molar-refractivity contribution in [2.75, 3.05) is 14.2 Å². The first-order chi connectivity index (χ1) is 17.8. The van der Waals surface area contributed by atoms with Crippen LogP contribution in [0.25, 0.3) is 22.3 Å². The molecule has 0 fully saturated rings. The average molecular weight is 504 g/mol. The summed E-state index contributed by atoms with van der Waals surface area (Å²) in [7, 11) is 3.31. The molecular formula is C31H37NO5. The number of phenolic OH excluding ortho intramolecular Hbond substituents is 1. The Morgan fingerprint density at radius 3 is 1.81 bits per heavy atom. The first-order valence-electron chi connectivity index (χ1n) is 12.5. The van der Waals surface area contributed by atoms with Crippen LogP contribution in [0, 0.1) is 13.8 Å². The maximum Gasteiger partial charge on any atom is 0.218 e. The molecular weight excluding hydrogens is 466 g/mol. The van der Waals surface area contributed by atoms with Crippen LogP contribution in [0.3, 0.4) is 0 Å². The highest BCUT2D eigenvalue weighted by molar-refractivity contribution is 5.88. The van der Waals surface area contributed by atoms with Gasteiger partial charge in [0.15, 0.2) is 11.5 Å². The highest BCUT2D eigenvalue weighted by Crippen LogP contribution is 2.49. The fourth-order valence-corrected chi connectivity index (χ4v) is 4.44. The number of ether oxygens (including phenoxy) is 4. The third kappa shape index (κ3) is 5.74. The van der Waals surface area contributed by atoms with E-state index < -0.39 is 0 Å². The van der Waals surface area contributed by atoms with Crippen LogP contribution in [0.15, 0.2) is 60.2 Å². The Morgan fingerprint density at radius 1 is 0.811 bits per heavy atom. The zero-order valence-electron chi connectivity index (χ0n) is 23.1. The molecule has 6 heteroatoms. The van der Waals surface area contributed by atoms with Crippen molar-refractivity contribution in [2.45, 2.75) is 54.4 Å². The summed E-state index contributed by atoms with van der Waals surface area (Å²) in [4.78, 5) is 4.52. The number of aromatic nitrogens is 1. The first-order valence-corrected chi connectivity index (χ1v) is 12.5. The van der Waals surface area contributed by atoms with Crippen LogP contribution < -0.4 is 18.9 Å². The molecule has 37 heavy (non-hydrogen) atoms. The molecule has 0 saturated carbocycles. The number of aromatic hydroxyl groups is 1. The molecule has 0 atom stereocenters. The molecule has 6 nitrogen and oxygen atoms in total. The van der Waals surface area contributed by atoms with Crippen molar-refractivity contribution in [1.82, 2.24) is 4.98 Å². The summed E-state index contributed by atoms with van der Waals surface area (Å²) in [5.41, 5.74) is 5.21. The van der Waals surface area contributed by atoms with Gasteiger partial charge in [-0.3, -0.25) is 0 Å². The number of rotatable bonds is 10. The lowest BCUT2D eigenvalue weighted by Gasteiger charge is -2.23. The van der Waals surface area contributed by atoms with E-state index in [0.717, 1.165) is 57.7 Å². The van der Waals surface area contributed by atoms with Gasteiger partial charge in [-0.1, -0.05) is 19.9 Å². The van der Waals surface area contributed by atoms with Gasteiger partial charge in [0.2, 0.25) is 5.88 Å². The molecule has 0 radical (unpaired) electrons. The third-order valence-corrected chi connectivity index (χ3v) is 6.38. The summed E-state index contributed by atoms with van der Waals surface area (Å²) in [6.07, 6.45) is 7.15. The molecule has 1 heterocycles. The van der Waals surface area contributed by atoms with E-state index in [4.69, 9.17) is 18.9 Å². The van der Waals surface area contributed by atoms with Crippen LogP contribution in [0.2, 0.25) is 0 Å². The predicted molar refractivity (Wildman–Crippen MR) is 149 cm³/mol. The van der Waals surface area contributed by atoms with Crippen LogP contribution >= 0.6 is 0 Å². The number of hydrogen-bond acceptors (Lipinski definition) is 6. The van der Waals surface area contributed by atoms with E-state index in [1.807, 2.05) is 71.9 Å². The first kappa shape index (κ1) is 27.7. The molecule has 3 aromatic rings. The van der Waals surface area contributed by atoms with Crippen molar-refractivity contribution >= 4 is 0 Å². The molecule has 3 rings (SSSR count). The lowest BCUT2D eigenvalue weighted by molar-refractivity contribution is 0.371. The summed E-state index contributed by atoms with van der Waals surface area (Å²) in [6, 6.07) is 9.22. The topological polar surface area (TPSA) is 70.0 Å². The van der Waals surface area contributed by atoms with Gasteiger partial charge in [0.1, 0.15) is 17.3 Å². The van der Waals surface area contributed by atoms with E-state index >= 15 is 0 Å². The predicted octanol–water partition coefficient (Wildman–Crippen LogP) is 8.14. The normalized spacial score (nSPS) is 11.9. The Labute approximate surface area is 220 Å². The summed E-state index contributed by atoms with van der Waals surface area (Å²) in [5, 5.41) is 10.8. The van der Waals surface area contributed by atoms with Crippen molar-refractivity contribution < 1.29 is 24.1 Å². The minimum atomic E-state index is 0.0554. The van der Waals surface area contributed by atoms with Crippen LogP contribution in [-0.2, 0) is 0 Å². The summed E-state index contributed by atoms with van der Waals surface area (Å²) >= 11 is 0. The monoisotopic (exact) mass is 503 g/mol. The fraction of sp³-hybridized carbons (Fsp3) is 0.323. The number of hydrogen-bond donors (Lipinski definition) is 1. The highest BCUT2D eigenvalue weighted by Gasteiger charge is 2.24. The van der Waals surface area contributed by atoms with E-state index in [9.17, 15) is 5.11 Å². The summed E-state index contributed by atoms with van der Waals surface area (Å²) in [5.74, 6) is 4.08. The van der Waals surface area contributed by atoms with Crippen LogP contribution in [0.1, 0.15) is 51.7 Å². The summed E-state index contributed by atoms with van der Waals surface area (Å²) in [6.45, 7) is 11.9. The Bertz CT molecular complexity index is 1310. The minimum absolute atomic E-state index is 0.0554. The average Bonchev–Trinajstić information content (AvgIpc) is 2.92. The van der Waals surface area contributed by atoms with Crippen LogP contribution in [0.5, 0.6) is 28.9 Å². The van der Waals surface area contributed by atoms with Gasteiger partial charge in [-0.25, -0.2) is 4.98 Å². The number of benzene rings is 2. The number of pyridine rings is 1. The molecule has 0 spiro atoms. The number of methoxy groups -OCH3 is 2. The Hall–Kier alpha value is -3.93. The molecule has 0 aliphatic carbocycles. The van der Waals surface area contributed by atoms with Gasteiger partial charge in [0, 0.05) is 52.9 Å². The maximum absolute atomic E-state index is 10.8. The number of phenols is 1. The van der Waals surface area contributed by atoms with E-state index in [0.29, 0.717) is 23.1 Å². The van der Waals surface area contributed by atoms with Crippen molar-refractivity contribution in [3.63, 3.8) is 0 Å². The van der Waals surface area contributed by atoms with Gasteiger partial charge < -0.3 is 24.1 Å². The van der Waals surface area contributed by atoms with E-state index in [-0.39, 0.29) is 5.75 Å². The molecule has 2 aromatic carbocycles. The van der Waals surface area contributed by atoms with Gasteiger partial charge >= 0.3 is 0 Å². The smallest absolute Gasteiger partial charge is 0.218 e. The molecule has 1 N–H and O–H groups in total. The second-order valence-corrected chi connectivity index (χ2v) is 8.56. The van der Waals surface area contributed by atoms with E-state index in [2.05, 4.69) is 4.98 Å². The SMILES string of the molecule is CC=C(CC)Oc1ccc(-c2c(C)c(OC)c(-c3ccc(OC(=CC)CC)c(O)c3)c(C)c2OC)cn1. The molecule has 0 aliphatic rings. The number of nitrogens with zero attached hydrogens (tertiary/aromatic N) is 1. The molecule has 1 aromatic heterocycles. The number of allylic oxidation sites excluding steroid dienone is 4. The van der Waals surface area contributed by atoms with Gasteiger partial charge in [-0.05, 0) is 63.6 Å². The van der Waals surface area contributed by atoms with Crippen molar-refractivity contribution in [3.05, 3.63) is 71.3 Å². The summed E-state index contributed by atoms with van der Waals surface area (Å²) < 4.78 is 23.5. The molecule has 0 bridgehead atoms. The van der Waals surface area contributed by atoms with Gasteiger partial charge in [0.25, 0.3) is 0 Å². The van der Waals surface area contributed by atoms with Crippen molar-refractivity contribution in [1.29, 1.82) is 0 Å². The van der Waals surface area contributed by atoms with Crippen molar-refractivity contribution in [2.24, 2.45) is 0 Å². The zero-order valence-corrected chi connectivity index (χ0v) is 23.1. The second-order valence-electron chi connectivity index (χ2n) is 8.56. The molecule has 0 unspecified atom stereocenters. The Morgan fingerprint density at radius 2 is 1.35 bits per heavy atom. The second kappa shape index (κ2) is 12.3. The largest absolute Gasteiger partial charge is 0.504 e. The minimum Gasteiger partial charge on any atom is -0.504 e. The standard InChI is InChI=1S/C31H37NO5/c1-9-23(10-2)36-26-15-13-21(17-25(26)33)28-19(5)31(35-8)29(20(6)30(28)34-7)22-14-16-27(32-18-22)37-24(11-3)12-4/h9,11,13-18,33H,10,12H2,1-8H3. The lowest BCUT2D eigenvalue weighted by Crippen LogP contribution is -2.02. The van der Waals surface area contributed by atoms with Crippen LogP contribution in [0.4, 0.5) is 0 Å². The van der Waals surface area contributed by atoms with Gasteiger partial charge in [-0.2, -0.15) is 0 Å². The lowest BCUT2D eigenvalue weighted by atomic mass is 9.89. The van der Waals surface area contributed by atoms with E-state index in [1.54, 1.807) is 32.5 Å². The zero-order chi connectivity index (χ0) is 27.1. The van der Waals surface area contributed by atoms with E-state index in [1.165, 1.54) is 0 Å². The highest BCUT2D eigenvalue weighted by atomic mass is 16.5. The molecule has 196 valence electrons. The Balaban J connectivity index is 2.12. The van der Waals surface area contributed by atoms with Gasteiger partial charge in [-0.15, -0.1) is 0 Å².